The molecule has 0 saturated heterocycles. The first-order valence-corrected chi connectivity index (χ1v) is 9.50. The van der Waals surface area contributed by atoms with E-state index in [2.05, 4.69) is 4.72 Å². The number of rotatable bonds is 4. The van der Waals surface area contributed by atoms with Gasteiger partial charge in [-0.25, -0.2) is 17.5 Å². The highest BCUT2D eigenvalue weighted by Crippen LogP contribution is 2.30. The minimum absolute atomic E-state index is 0.00533. The Morgan fingerprint density at radius 3 is 2.74 bits per heavy atom. The van der Waals surface area contributed by atoms with Crippen molar-refractivity contribution in [1.82, 2.24) is 4.72 Å². The third-order valence-corrected chi connectivity index (χ3v) is 5.75. The van der Waals surface area contributed by atoms with E-state index in [0.29, 0.717) is 0 Å². The molecule has 0 radical (unpaired) electrons. The lowest BCUT2D eigenvalue weighted by Crippen LogP contribution is -2.32. The van der Waals surface area contributed by atoms with Crippen LogP contribution in [0.1, 0.15) is 35.6 Å². The molecule has 1 aliphatic carbocycles. The summed E-state index contributed by atoms with van der Waals surface area (Å²) in [5.74, 6) is -1.07. The minimum atomic E-state index is -3.70. The Labute approximate surface area is 140 Å². The van der Waals surface area contributed by atoms with E-state index in [1.807, 2.05) is 24.3 Å². The molecule has 1 atom stereocenters. The quantitative estimate of drug-likeness (QED) is 0.903. The lowest BCUT2D eigenvalue weighted by Gasteiger charge is -2.26. The van der Waals surface area contributed by atoms with E-state index >= 15 is 0 Å². The van der Waals surface area contributed by atoms with E-state index in [1.54, 1.807) is 0 Å². The van der Waals surface area contributed by atoms with Gasteiger partial charge in [0.2, 0.25) is 10.0 Å². The van der Waals surface area contributed by atoms with Gasteiger partial charge in [-0.1, -0.05) is 41.9 Å². The first kappa shape index (κ1) is 16.4. The predicted molar refractivity (Wildman–Crippen MR) is 89.3 cm³/mol. The van der Waals surface area contributed by atoms with Crippen molar-refractivity contribution in [2.45, 2.75) is 31.1 Å². The van der Waals surface area contributed by atoms with Crippen LogP contribution in [-0.4, -0.2) is 8.42 Å². The van der Waals surface area contributed by atoms with Crippen molar-refractivity contribution in [3.05, 3.63) is 70.0 Å². The van der Waals surface area contributed by atoms with Crippen molar-refractivity contribution in [2.24, 2.45) is 0 Å². The van der Waals surface area contributed by atoms with Crippen LogP contribution >= 0.6 is 11.6 Å². The van der Waals surface area contributed by atoms with Crippen molar-refractivity contribution in [2.75, 3.05) is 0 Å². The van der Waals surface area contributed by atoms with Crippen LogP contribution in [0.2, 0.25) is 5.02 Å². The number of benzene rings is 2. The van der Waals surface area contributed by atoms with Crippen LogP contribution in [0.3, 0.4) is 0 Å². The van der Waals surface area contributed by atoms with Crippen LogP contribution < -0.4 is 4.72 Å². The second kappa shape index (κ2) is 6.59. The molecule has 0 saturated carbocycles. The maximum Gasteiger partial charge on any atom is 0.216 e. The summed E-state index contributed by atoms with van der Waals surface area (Å²) in [6.45, 7) is 0. The third kappa shape index (κ3) is 3.74. The smallest absolute Gasteiger partial charge is 0.212 e. The van der Waals surface area contributed by atoms with E-state index in [1.165, 1.54) is 18.2 Å². The second-order valence-corrected chi connectivity index (χ2v) is 7.88. The molecule has 2 aromatic rings. The zero-order valence-electron chi connectivity index (χ0n) is 12.4. The molecule has 0 aromatic heterocycles. The minimum Gasteiger partial charge on any atom is -0.212 e. The Bertz CT molecular complexity index is 803. The lowest BCUT2D eigenvalue weighted by atomic mass is 9.88. The molecule has 0 amide bonds. The molecule has 0 heterocycles. The van der Waals surface area contributed by atoms with Crippen LogP contribution in [-0.2, 0) is 22.2 Å². The Kier molecular flexibility index (Phi) is 4.71. The fourth-order valence-electron chi connectivity index (χ4n) is 3.00. The fourth-order valence-corrected chi connectivity index (χ4v) is 4.74. The molecule has 122 valence electrons. The van der Waals surface area contributed by atoms with Gasteiger partial charge in [0.25, 0.3) is 0 Å². The van der Waals surface area contributed by atoms with E-state index in [4.69, 9.17) is 11.6 Å². The van der Waals surface area contributed by atoms with Gasteiger partial charge in [0.15, 0.2) is 0 Å². The molecule has 1 N–H and O–H groups in total. The molecule has 23 heavy (non-hydrogen) atoms. The summed E-state index contributed by atoms with van der Waals surface area (Å²) >= 11 is 5.93. The molecule has 0 bridgehead atoms. The first-order valence-electron chi connectivity index (χ1n) is 7.47. The fraction of sp³-hybridized carbons (Fsp3) is 0.294. The van der Waals surface area contributed by atoms with Gasteiger partial charge in [-0.05, 0) is 42.5 Å². The molecule has 6 heteroatoms. The molecule has 1 aliphatic rings. The number of sulfonamides is 1. The number of aryl methyl sites for hydroxylation is 1. The normalized spacial score (nSPS) is 17.7. The molecule has 3 nitrogen and oxygen atoms in total. The van der Waals surface area contributed by atoms with Crippen LogP contribution in [0.5, 0.6) is 0 Å². The summed E-state index contributed by atoms with van der Waals surface area (Å²) in [4.78, 5) is 0. The highest BCUT2D eigenvalue weighted by molar-refractivity contribution is 7.88. The number of fused-ring (bicyclic) bond motifs is 1. The third-order valence-electron chi connectivity index (χ3n) is 4.09. The average molecular weight is 354 g/mol. The van der Waals surface area contributed by atoms with Gasteiger partial charge >= 0.3 is 0 Å². The molecule has 1 unspecified atom stereocenters. The monoisotopic (exact) mass is 353 g/mol. The van der Waals surface area contributed by atoms with E-state index in [9.17, 15) is 12.8 Å². The van der Waals surface area contributed by atoms with Crippen LogP contribution in [0.4, 0.5) is 4.39 Å². The Hall–Kier alpha value is -1.43. The van der Waals surface area contributed by atoms with Crippen LogP contribution in [0.15, 0.2) is 42.5 Å². The second-order valence-electron chi connectivity index (χ2n) is 5.72. The average Bonchev–Trinajstić information content (AvgIpc) is 2.51. The maximum atomic E-state index is 13.8. The summed E-state index contributed by atoms with van der Waals surface area (Å²) in [5, 5.41) is 0.124. The summed E-state index contributed by atoms with van der Waals surface area (Å²) in [7, 11) is -3.70. The highest BCUT2D eigenvalue weighted by Gasteiger charge is 2.25. The number of nitrogens with one attached hydrogen (secondary N) is 1. The summed E-state index contributed by atoms with van der Waals surface area (Å²) in [6, 6.07) is 11.7. The summed E-state index contributed by atoms with van der Waals surface area (Å²) in [5.41, 5.74) is 2.17. The molecule has 3 rings (SSSR count). The van der Waals surface area contributed by atoms with Crippen molar-refractivity contribution in [3.63, 3.8) is 0 Å². The number of hydrogen-bond donors (Lipinski definition) is 1. The van der Waals surface area contributed by atoms with E-state index in [0.717, 1.165) is 30.4 Å². The summed E-state index contributed by atoms with van der Waals surface area (Å²) in [6.07, 6.45) is 2.61. The molecule has 0 spiro atoms. The zero-order chi connectivity index (χ0) is 16.4. The van der Waals surface area contributed by atoms with Gasteiger partial charge < -0.3 is 0 Å². The maximum absolute atomic E-state index is 13.8. The lowest BCUT2D eigenvalue weighted by molar-refractivity contribution is 0.506. The number of hydrogen-bond acceptors (Lipinski definition) is 2. The van der Waals surface area contributed by atoms with Gasteiger partial charge in [0.05, 0.1) is 5.75 Å². The van der Waals surface area contributed by atoms with Crippen molar-refractivity contribution < 1.29 is 12.8 Å². The highest BCUT2D eigenvalue weighted by atomic mass is 35.5. The van der Waals surface area contributed by atoms with Gasteiger partial charge in [-0.15, -0.1) is 0 Å². The summed E-state index contributed by atoms with van der Waals surface area (Å²) < 4.78 is 41.4. The topological polar surface area (TPSA) is 46.2 Å². The van der Waals surface area contributed by atoms with Crippen molar-refractivity contribution in [1.29, 1.82) is 0 Å². The molecule has 0 fully saturated rings. The largest absolute Gasteiger partial charge is 0.216 e. The van der Waals surface area contributed by atoms with E-state index in [-0.39, 0.29) is 16.6 Å². The van der Waals surface area contributed by atoms with Gasteiger partial charge in [-0.2, -0.15) is 0 Å². The Morgan fingerprint density at radius 2 is 1.96 bits per heavy atom. The van der Waals surface area contributed by atoms with Gasteiger partial charge in [-0.3, -0.25) is 0 Å². The SMILES string of the molecule is O=S(=O)(Cc1c(F)cccc1Cl)NC1CCCc2ccccc21. The standard InChI is InChI=1S/C17H17ClFNO2S/c18-15-8-4-9-16(19)14(15)11-23(21,22)20-17-10-3-6-12-5-1-2-7-13(12)17/h1-2,4-5,7-9,17,20H,3,6,10-11H2. The van der Waals surface area contributed by atoms with Gasteiger partial charge in [0, 0.05) is 16.6 Å². The molecule has 0 aliphatic heterocycles. The number of halogens is 2. The van der Waals surface area contributed by atoms with Gasteiger partial charge in [0.1, 0.15) is 5.82 Å². The van der Waals surface area contributed by atoms with Crippen LogP contribution in [0, 0.1) is 5.82 Å². The van der Waals surface area contributed by atoms with Crippen molar-refractivity contribution in [3.8, 4) is 0 Å². The molecule has 2 aromatic carbocycles. The Balaban J connectivity index is 1.83. The predicted octanol–water partition coefficient (Wildman–Crippen LogP) is 3.98. The Morgan fingerprint density at radius 1 is 1.17 bits per heavy atom. The first-order chi connectivity index (χ1) is 11.0. The zero-order valence-corrected chi connectivity index (χ0v) is 14.0. The van der Waals surface area contributed by atoms with Crippen LogP contribution in [0.25, 0.3) is 0 Å². The molecular formula is C17H17ClFNO2S. The molecular weight excluding hydrogens is 337 g/mol. The van der Waals surface area contributed by atoms with Crippen molar-refractivity contribution >= 4 is 21.6 Å². The van der Waals surface area contributed by atoms with E-state index < -0.39 is 21.6 Å².